The molecule has 176 valence electrons. The summed E-state index contributed by atoms with van der Waals surface area (Å²) < 4.78 is 22.8. The molecule has 5 rings (SSSR count). The molecule has 1 N–H and O–H groups in total. The summed E-state index contributed by atoms with van der Waals surface area (Å²) in [5.74, 6) is 2.35. The SMILES string of the molecule is C1=C(CC(CCN(Cc2ccco2)c2nc(-n3ccnc3)ns2)NCc2ccccc2)OCO1. The van der Waals surface area contributed by atoms with Crippen molar-refractivity contribution in [2.24, 2.45) is 0 Å². The normalized spacial score (nSPS) is 13.8. The van der Waals surface area contributed by atoms with Crippen LogP contribution < -0.4 is 10.2 Å². The summed E-state index contributed by atoms with van der Waals surface area (Å²) in [7, 11) is 0. The largest absolute Gasteiger partial charge is 0.467 e. The maximum atomic E-state index is 5.62. The van der Waals surface area contributed by atoms with Crippen LogP contribution in [0.3, 0.4) is 0 Å². The Hall–Kier alpha value is -3.63. The minimum absolute atomic E-state index is 0.188. The lowest BCUT2D eigenvalue weighted by Gasteiger charge is -2.25. The van der Waals surface area contributed by atoms with Crippen molar-refractivity contribution in [2.45, 2.75) is 32.0 Å². The van der Waals surface area contributed by atoms with Crippen molar-refractivity contribution in [3.63, 3.8) is 0 Å². The number of ether oxygens (including phenoxy) is 2. The second-order valence-corrected chi connectivity index (χ2v) is 8.65. The van der Waals surface area contributed by atoms with Crippen LogP contribution in [0.1, 0.15) is 24.2 Å². The minimum atomic E-state index is 0.188. The van der Waals surface area contributed by atoms with E-state index in [4.69, 9.17) is 18.9 Å². The van der Waals surface area contributed by atoms with Gasteiger partial charge in [0.1, 0.15) is 24.1 Å². The van der Waals surface area contributed by atoms with Crippen LogP contribution in [0.4, 0.5) is 5.13 Å². The molecule has 0 spiro atoms. The molecule has 0 fully saturated rings. The van der Waals surface area contributed by atoms with E-state index in [9.17, 15) is 0 Å². The Morgan fingerprint density at radius 3 is 2.88 bits per heavy atom. The molecule has 3 aromatic heterocycles. The van der Waals surface area contributed by atoms with E-state index < -0.39 is 0 Å². The van der Waals surface area contributed by atoms with Crippen LogP contribution in [-0.4, -0.2) is 38.3 Å². The first-order chi connectivity index (χ1) is 16.8. The van der Waals surface area contributed by atoms with Gasteiger partial charge in [-0.2, -0.15) is 9.36 Å². The topological polar surface area (TPSA) is 90.5 Å². The number of aromatic nitrogens is 4. The number of anilines is 1. The molecule has 0 bridgehead atoms. The van der Waals surface area contributed by atoms with Crippen LogP contribution in [-0.2, 0) is 22.6 Å². The number of furan rings is 1. The fraction of sp³-hybridized carbons (Fsp3) is 0.292. The molecule has 1 aliphatic rings. The highest BCUT2D eigenvalue weighted by Gasteiger charge is 2.20. The second-order valence-electron chi connectivity index (χ2n) is 7.92. The first kappa shape index (κ1) is 22.2. The van der Waals surface area contributed by atoms with E-state index in [1.54, 1.807) is 29.6 Å². The summed E-state index contributed by atoms with van der Waals surface area (Å²) >= 11 is 1.37. The van der Waals surface area contributed by atoms with Gasteiger partial charge >= 0.3 is 0 Å². The summed E-state index contributed by atoms with van der Waals surface area (Å²) in [4.78, 5) is 11.0. The number of imidazole rings is 1. The van der Waals surface area contributed by atoms with Gasteiger partial charge < -0.3 is 24.1 Å². The first-order valence-electron chi connectivity index (χ1n) is 11.1. The molecule has 1 aromatic carbocycles. The molecule has 1 aliphatic heterocycles. The third-order valence-corrected chi connectivity index (χ3v) is 6.26. The van der Waals surface area contributed by atoms with E-state index in [0.717, 1.165) is 42.6 Å². The summed E-state index contributed by atoms with van der Waals surface area (Å²) in [6.07, 6.45) is 10.3. The standard InChI is InChI=1S/C24H26N6O3S/c1-2-5-19(6-3-1)14-26-20(13-22-16-31-18-33-22)8-10-29(15-21-7-4-12-32-21)24-27-23(28-34-24)30-11-9-25-17-30/h1-7,9,11-12,16-17,20,26H,8,10,13-15,18H2. The van der Waals surface area contributed by atoms with Gasteiger partial charge in [0.15, 0.2) is 0 Å². The van der Waals surface area contributed by atoms with Gasteiger partial charge in [-0.3, -0.25) is 4.57 Å². The molecule has 4 aromatic rings. The molecular formula is C24H26N6O3S. The summed E-state index contributed by atoms with van der Waals surface area (Å²) in [6, 6.07) is 14.5. The van der Waals surface area contributed by atoms with Crippen molar-refractivity contribution in [1.82, 2.24) is 24.2 Å². The van der Waals surface area contributed by atoms with Crippen molar-refractivity contribution in [2.75, 3.05) is 18.2 Å². The van der Waals surface area contributed by atoms with Gasteiger partial charge in [-0.15, -0.1) is 0 Å². The van der Waals surface area contributed by atoms with E-state index in [1.807, 2.05) is 24.4 Å². The zero-order valence-corrected chi connectivity index (χ0v) is 19.4. The van der Waals surface area contributed by atoms with Crippen LogP contribution in [0.2, 0.25) is 0 Å². The molecule has 0 radical (unpaired) electrons. The van der Waals surface area contributed by atoms with E-state index in [2.05, 4.69) is 43.8 Å². The molecule has 0 saturated heterocycles. The Bertz CT molecular complexity index is 1160. The van der Waals surface area contributed by atoms with Crippen molar-refractivity contribution in [1.29, 1.82) is 0 Å². The average Bonchev–Trinajstić information content (AvgIpc) is 3.68. The van der Waals surface area contributed by atoms with Gasteiger partial charge in [-0.1, -0.05) is 30.3 Å². The predicted molar refractivity (Wildman–Crippen MR) is 128 cm³/mol. The molecule has 34 heavy (non-hydrogen) atoms. The Morgan fingerprint density at radius 1 is 1.18 bits per heavy atom. The lowest BCUT2D eigenvalue weighted by molar-refractivity contribution is 0.0762. The number of hydrogen-bond donors (Lipinski definition) is 1. The number of nitrogens with zero attached hydrogens (tertiary/aromatic N) is 5. The van der Waals surface area contributed by atoms with Gasteiger partial charge in [-0.05, 0) is 24.1 Å². The summed E-state index contributed by atoms with van der Waals surface area (Å²) in [5.41, 5.74) is 1.24. The van der Waals surface area contributed by atoms with Gasteiger partial charge in [0, 0.05) is 49.5 Å². The fourth-order valence-corrected chi connectivity index (χ4v) is 4.41. The third kappa shape index (κ3) is 5.83. The zero-order valence-electron chi connectivity index (χ0n) is 18.6. The van der Waals surface area contributed by atoms with E-state index >= 15 is 0 Å². The third-order valence-electron chi connectivity index (χ3n) is 5.50. The second kappa shape index (κ2) is 11.0. The van der Waals surface area contributed by atoms with Crippen molar-refractivity contribution in [3.05, 3.63) is 90.8 Å². The molecule has 1 unspecified atom stereocenters. The van der Waals surface area contributed by atoms with Crippen molar-refractivity contribution >= 4 is 16.7 Å². The Kier molecular flexibility index (Phi) is 7.17. The van der Waals surface area contributed by atoms with E-state index in [1.165, 1.54) is 17.1 Å². The minimum Gasteiger partial charge on any atom is -0.467 e. The first-order valence-corrected chi connectivity index (χ1v) is 11.9. The van der Waals surface area contributed by atoms with Gasteiger partial charge in [0.2, 0.25) is 17.9 Å². The molecule has 9 nitrogen and oxygen atoms in total. The highest BCUT2D eigenvalue weighted by atomic mass is 32.1. The summed E-state index contributed by atoms with van der Waals surface area (Å²) in [6.45, 7) is 2.44. The zero-order chi connectivity index (χ0) is 23.0. The van der Waals surface area contributed by atoms with Crippen LogP contribution >= 0.6 is 11.5 Å². The van der Waals surface area contributed by atoms with E-state index in [-0.39, 0.29) is 12.8 Å². The highest BCUT2D eigenvalue weighted by Crippen LogP contribution is 2.23. The molecule has 4 heterocycles. The molecule has 0 saturated carbocycles. The molecular weight excluding hydrogens is 452 g/mol. The molecule has 10 heteroatoms. The quantitative estimate of drug-likeness (QED) is 0.325. The van der Waals surface area contributed by atoms with Gasteiger partial charge in [-0.25, -0.2) is 4.98 Å². The van der Waals surface area contributed by atoms with Crippen LogP contribution in [0.25, 0.3) is 5.95 Å². The Labute approximate surface area is 201 Å². The molecule has 0 amide bonds. The van der Waals surface area contributed by atoms with Crippen LogP contribution in [0, 0.1) is 0 Å². The Balaban J connectivity index is 1.29. The number of nitrogens with one attached hydrogen (secondary N) is 1. The number of benzene rings is 1. The maximum Gasteiger partial charge on any atom is 0.248 e. The lowest BCUT2D eigenvalue weighted by Crippen LogP contribution is -2.34. The monoisotopic (exact) mass is 478 g/mol. The fourth-order valence-electron chi connectivity index (χ4n) is 3.72. The van der Waals surface area contributed by atoms with Crippen molar-refractivity contribution in [3.8, 4) is 5.95 Å². The van der Waals surface area contributed by atoms with Gasteiger partial charge in [0.25, 0.3) is 0 Å². The van der Waals surface area contributed by atoms with Gasteiger partial charge in [0.05, 0.1) is 12.8 Å². The maximum absolute atomic E-state index is 5.62. The number of hydrogen-bond acceptors (Lipinski definition) is 9. The smallest absolute Gasteiger partial charge is 0.248 e. The average molecular weight is 479 g/mol. The molecule has 0 aliphatic carbocycles. The lowest BCUT2D eigenvalue weighted by atomic mass is 10.1. The van der Waals surface area contributed by atoms with Crippen LogP contribution in [0.5, 0.6) is 0 Å². The van der Waals surface area contributed by atoms with Crippen LogP contribution in [0.15, 0.2) is 83.9 Å². The predicted octanol–water partition coefficient (Wildman–Crippen LogP) is 4.11. The highest BCUT2D eigenvalue weighted by molar-refractivity contribution is 7.09. The van der Waals surface area contributed by atoms with Crippen molar-refractivity contribution < 1.29 is 13.9 Å². The van der Waals surface area contributed by atoms with E-state index in [0.29, 0.717) is 12.5 Å². The summed E-state index contributed by atoms with van der Waals surface area (Å²) in [5, 5.41) is 4.52. The molecule has 1 atom stereocenters. The Morgan fingerprint density at radius 2 is 2.12 bits per heavy atom. The number of rotatable bonds is 12.